The molecule has 204 valence electrons. The van der Waals surface area contributed by atoms with E-state index in [4.69, 9.17) is 4.74 Å². The molecular formula is C30H34BrN4O4+. The molecule has 2 heterocycles. The van der Waals surface area contributed by atoms with Crippen molar-refractivity contribution in [1.29, 1.82) is 0 Å². The van der Waals surface area contributed by atoms with Crippen LogP contribution in [0.3, 0.4) is 0 Å². The average molecular weight is 595 g/mol. The van der Waals surface area contributed by atoms with Crippen LogP contribution in [-0.4, -0.2) is 44.1 Å². The number of amides is 3. The summed E-state index contributed by atoms with van der Waals surface area (Å²) in [4.78, 5) is 42.1. The molecule has 4 rings (SSSR count). The number of pyridine rings is 1. The Labute approximate surface area is 237 Å². The highest BCUT2D eigenvalue weighted by Crippen LogP contribution is 2.27. The van der Waals surface area contributed by atoms with Crippen molar-refractivity contribution in [3.8, 4) is 0 Å². The zero-order valence-electron chi connectivity index (χ0n) is 22.1. The largest absolute Gasteiger partial charge is 0.447 e. The molecule has 0 saturated carbocycles. The molecule has 1 N–H and O–H groups in total. The van der Waals surface area contributed by atoms with Gasteiger partial charge in [0.2, 0.25) is 5.91 Å². The van der Waals surface area contributed by atoms with Gasteiger partial charge >= 0.3 is 6.09 Å². The van der Waals surface area contributed by atoms with Crippen LogP contribution in [0.2, 0.25) is 0 Å². The molecule has 0 radical (unpaired) electrons. The lowest BCUT2D eigenvalue weighted by Gasteiger charge is -2.28. The van der Waals surface area contributed by atoms with Crippen molar-refractivity contribution in [2.75, 3.05) is 36.0 Å². The molecule has 0 bridgehead atoms. The van der Waals surface area contributed by atoms with Crippen LogP contribution in [0.15, 0.2) is 77.5 Å². The second-order valence-corrected chi connectivity index (χ2v) is 10.3. The van der Waals surface area contributed by atoms with Crippen molar-refractivity contribution in [2.45, 2.75) is 39.2 Å². The first-order valence-electron chi connectivity index (χ1n) is 13.3. The van der Waals surface area contributed by atoms with Crippen LogP contribution in [0.4, 0.5) is 16.2 Å². The normalized spacial score (nSPS) is 12.4. The maximum atomic E-state index is 13.5. The van der Waals surface area contributed by atoms with E-state index in [0.717, 1.165) is 41.5 Å². The highest BCUT2D eigenvalue weighted by molar-refractivity contribution is 9.10. The molecule has 0 saturated heterocycles. The number of benzene rings is 2. The van der Waals surface area contributed by atoms with E-state index in [9.17, 15) is 14.4 Å². The zero-order chi connectivity index (χ0) is 27.6. The number of rotatable bonds is 10. The van der Waals surface area contributed by atoms with E-state index < -0.39 is 6.09 Å². The predicted octanol–water partition coefficient (Wildman–Crippen LogP) is 4.89. The van der Waals surface area contributed by atoms with E-state index in [-0.39, 0.29) is 37.9 Å². The van der Waals surface area contributed by atoms with Gasteiger partial charge in [0, 0.05) is 31.6 Å². The second kappa shape index (κ2) is 13.9. The van der Waals surface area contributed by atoms with Crippen LogP contribution in [0.5, 0.6) is 0 Å². The number of halogens is 1. The zero-order valence-corrected chi connectivity index (χ0v) is 23.7. The standard InChI is InChI=1S/C30H33BrN4O4/c1-2-16-33-21-24(20-25(31)22-33)29(37)34(26-11-4-3-5-12-26)18-14-28(36)32-15-19-39-30(38)35-17-8-10-23-9-6-7-13-27(23)35/h3-7,9,11-13,20-22H,2,8,10,14-19H2,1H3/p+1. The van der Waals surface area contributed by atoms with E-state index >= 15 is 0 Å². The van der Waals surface area contributed by atoms with Gasteiger partial charge < -0.3 is 15.0 Å². The molecule has 0 atom stereocenters. The van der Waals surface area contributed by atoms with Gasteiger partial charge in [0.05, 0.1) is 16.7 Å². The summed E-state index contributed by atoms with van der Waals surface area (Å²) in [7, 11) is 0. The molecule has 1 aliphatic rings. The van der Waals surface area contributed by atoms with Crippen molar-refractivity contribution in [3.63, 3.8) is 0 Å². The number of carbonyl (C=O) groups is 3. The first-order valence-corrected chi connectivity index (χ1v) is 14.1. The van der Waals surface area contributed by atoms with Gasteiger partial charge in [-0.05, 0) is 58.6 Å². The van der Waals surface area contributed by atoms with Crippen LogP contribution in [0.25, 0.3) is 0 Å². The van der Waals surface area contributed by atoms with Gasteiger partial charge in [-0.3, -0.25) is 14.5 Å². The number of anilines is 2. The van der Waals surface area contributed by atoms with Crippen LogP contribution in [0, 0.1) is 0 Å². The molecule has 0 spiro atoms. The first kappa shape index (κ1) is 28.3. The molecule has 39 heavy (non-hydrogen) atoms. The number of ether oxygens (including phenoxy) is 1. The molecule has 1 aromatic heterocycles. The Kier molecular flexibility index (Phi) is 10.1. The molecular weight excluding hydrogens is 560 g/mol. The summed E-state index contributed by atoms with van der Waals surface area (Å²) in [6.45, 7) is 3.96. The molecule has 9 heteroatoms. The summed E-state index contributed by atoms with van der Waals surface area (Å²) in [5.41, 5.74) is 3.27. The van der Waals surface area contributed by atoms with E-state index in [2.05, 4.69) is 28.2 Å². The number of hydrogen-bond acceptors (Lipinski definition) is 4. The van der Waals surface area contributed by atoms with Crippen molar-refractivity contribution in [3.05, 3.63) is 88.7 Å². The maximum Gasteiger partial charge on any atom is 0.414 e. The van der Waals surface area contributed by atoms with Crippen LogP contribution in [-0.2, 0) is 22.5 Å². The Bertz CT molecular complexity index is 1300. The smallest absolute Gasteiger partial charge is 0.414 e. The molecule has 8 nitrogen and oxygen atoms in total. The predicted molar refractivity (Wildman–Crippen MR) is 154 cm³/mol. The summed E-state index contributed by atoms with van der Waals surface area (Å²) in [5.74, 6) is -0.408. The number of hydrogen-bond donors (Lipinski definition) is 1. The Hall–Kier alpha value is -3.72. The van der Waals surface area contributed by atoms with Crippen LogP contribution >= 0.6 is 15.9 Å². The van der Waals surface area contributed by atoms with Gasteiger partial charge in [-0.15, -0.1) is 0 Å². The van der Waals surface area contributed by atoms with Crippen molar-refractivity contribution in [1.82, 2.24) is 5.32 Å². The van der Waals surface area contributed by atoms with Crippen LogP contribution in [0.1, 0.15) is 42.1 Å². The molecule has 3 amide bonds. The summed E-state index contributed by atoms with van der Waals surface area (Å²) in [6, 6.07) is 18.9. The monoisotopic (exact) mass is 593 g/mol. The lowest BCUT2D eigenvalue weighted by Crippen LogP contribution is -2.39. The molecule has 1 aliphatic heterocycles. The summed E-state index contributed by atoms with van der Waals surface area (Å²) in [5, 5.41) is 2.80. The highest BCUT2D eigenvalue weighted by atomic mass is 79.9. The van der Waals surface area contributed by atoms with E-state index in [1.54, 1.807) is 15.9 Å². The number of fused-ring (bicyclic) bond motifs is 1. The van der Waals surface area contributed by atoms with Gasteiger partial charge in [0.25, 0.3) is 5.91 Å². The van der Waals surface area contributed by atoms with Gasteiger partial charge in [-0.25, -0.2) is 9.36 Å². The minimum Gasteiger partial charge on any atom is -0.447 e. The number of carbonyl (C=O) groups excluding carboxylic acids is 3. The summed E-state index contributed by atoms with van der Waals surface area (Å²) < 4.78 is 8.22. The van der Waals surface area contributed by atoms with Crippen molar-refractivity contribution in [2.24, 2.45) is 0 Å². The minimum atomic E-state index is -0.411. The number of para-hydroxylation sites is 2. The Morgan fingerprint density at radius 3 is 2.64 bits per heavy atom. The number of aryl methyl sites for hydroxylation is 2. The molecule has 0 fully saturated rings. The molecule has 2 aromatic carbocycles. The topological polar surface area (TPSA) is 82.8 Å². The first-order chi connectivity index (χ1) is 19.0. The number of nitrogens with zero attached hydrogens (tertiary/aromatic N) is 3. The Morgan fingerprint density at radius 1 is 1.08 bits per heavy atom. The van der Waals surface area contributed by atoms with Crippen molar-refractivity contribution < 1.29 is 23.7 Å². The van der Waals surface area contributed by atoms with Gasteiger partial charge in [0.15, 0.2) is 12.4 Å². The third-order valence-corrected chi connectivity index (χ3v) is 6.91. The van der Waals surface area contributed by atoms with Gasteiger partial charge in [-0.1, -0.05) is 43.3 Å². The fourth-order valence-electron chi connectivity index (χ4n) is 4.65. The quantitative estimate of drug-likeness (QED) is 0.268. The second-order valence-electron chi connectivity index (χ2n) is 9.37. The summed E-state index contributed by atoms with van der Waals surface area (Å²) >= 11 is 3.50. The Balaban J connectivity index is 1.31. The average Bonchev–Trinajstić information content (AvgIpc) is 2.95. The molecule has 3 aromatic rings. The third kappa shape index (κ3) is 7.66. The highest BCUT2D eigenvalue weighted by Gasteiger charge is 2.24. The van der Waals surface area contributed by atoms with Gasteiger partial charge in [-0.2, -0.15) is 0 Å². The lowest BCUT2D eigenvalue weighted by atomic mass is 10.0. The number of nitrogens with one attached hydrogen (secondary N) is 1. The van der Waals surface area contributed by atoms with Crippen LogP contribution < -0.4 is 19.7 Å². The maximum absolute atomic E-state index is 13.5. The van der Waals surface area contributed by atoms with E-state index in [1.807, 2.05) is 71.6 Å². The van der Waals surface area contributed by atoms with E-state index in [1.165, 1.54) is 0 Å². The van der Waals surface area contributed by atoms with E-state index in [0.29, 0.717) is 17.8 Å². The third-order valence-electron chi connectivity index (χ3n) is 6.47. The number of aromatic nitrogens is 1. The molecule has 0 aliphatic carbocycles. The Morgan fingerprint density at radius 2 is 1.85 bits per heavy atom. The van der Waals surface area contributed by atoms with Crippen molar-refractivity contribution >= 4 is 45.2 Å². The fourth-order valence-corrected chi connectivity index (χ4v) is 5.15. The molecule has 0 unspecified atom stereocenters. The lowest BCUT2D eigenvalue weighted by molar-refractivity contribution is -0.697. The van der Waals surface area contributed by atoms with Gasteiger partial charge in [0.1, 0.15) is 18.7 Å². The fraction of sp³-hybridized carbons (Fsp3) is 0.333. The summed E-state index contributed by atoms with van der Waals surface area (Å²) in [6.07, 6.45) is 6.25. The minimum absolute atomic E-state index is 0.0695. The SMILES string of the molecule is CCC[n+]1cc(Br)cc(C(=O)N(CCC(=O)NCCOC(=O)N2CCCc3ccccc32)c2ccccc2)c1.